The molecular formula is C18H18N2O3. The highest BCUT2D eigenvalue weighted by Gasteiger charge is 2.62. The molecule has 0 unspecified atom stereocenters. The minimum atomic E-state index is -0.652. The van der Waals surface area contributed by atoms with Crippen molar-refractivity contribution in [2.45, 2.75) is 24.7 Å². The molecule has 1 heterocycles. The molecule has 118 valence electrons. The Morgan fingerprint density at radius 2 is 2.13 bits per heavy atom. The normalized spacial score (nSPS) is 28.2. The van der Waals surface area contributed by atoms with E-state index in [4.69, 9.17) is 4.74 Å². The molecule has 1 aromatic heterocycles. The summed E-state index contributed by atoms with van der Waals surface area (Å²) in [6.45, 7) is 0. The molecule has 1 N–H and O–H groups in total. The second kappa shape index (κ2) is 5.05. The highest BCUT2D eigenvalue weighted by Crippen LogP contribution is 2.64. The molecule has 5 heteroatoms. The van der Waals surface area contributed by atoms with Crippen LogP contribution in [0, 0.1) is 11.8 Å². The first-order valence-electron chi connectivity index (χ1n) is 7.83. The fourth-order valence-corrected chi connectivity index (χ4v) is 4.51. The highest BCUT2D eigenvalue weighted by atomic mass is 16.5. The summed E-state index contributed by atoms with van der Waals surface area (Å²) in [6.07, 6.45) is 6.19. The van der Waals surface area contributed by atoms with E-state index in [0.29, 0.717) is 11.8 Å². The van der Waals surface area contributed by atoms with Crippen LogP contribution in [0.2, 0.25) is 0 Å². The standard InChI is InChI=1S/C18H18N2O3/c1-23-16-14(9-19-10-20-16)11-2-4-13(5-3-11)18-7-6-12(8-18)15(18)17(21)22/h2-5,9-10,12,15H,6-8H2,1H3,(H,21,22)/t12-,15+,18+/m0/s1. The van der Waals surface area contributed by atoms with Crippen molar-refractivity contribution < 1.29 is 14.6 Å². The lowest BCUT2D eigenvalue weighted by atomic mass is 9.57. The van der Waals surface area contributed by atoms with Crippen LogP contribution in [0.4, 0.5) is 0 Å². The molecule has 3 aliphatic carbocycles. The van der Waals surface area contributed by atoms with Crippen LogP contribution >= 0.6 is 0 Å². The first-order chi connectivity index (χ1) is 11.2. The molecule has 2 aromatic rings. The predicted molar refractivity (Wildman–Crippen MR) is 84.2 cm³/mol. The molecule has 3 saturated carbocycles. The number of carboxylic acid groups (broad SMARTS) is 1. The van der Waals surface area contributed by atoms with Crippen molar-refractivity contribution in [3.8, 4) is 17.0 Å². The molecule has 3 atom stereocenters. The SMILES string of the molecule is COc1ncncc1-c1ccc([C@@]23CC[C@@H](C2)[C@@H]3C(=O)O)cc1. The number of rotatable bonds is 4. The van der Waals surface area contributed by atoms with Gasteiger partial charge >= 0.3 is 5.97 Å². The third-order valence-corrected chi connectivity index (χ3v) is 5.56. The number of methoxy groups -OCH3 is 1. The zero-order chi connectivity index (χ0) is 16.0. The van der Waals surface area contributed by atoms with Crippen LogP contribution in [-0.4, -0.2) is 28.2 Å². The molecule has 5 nitrogen and oxygen atoms in total. The van der Waals surface area contributed by atoms with Gasteiger partial charge in [-0.3, -0.25) is 4.79 Å². The van der Waals surface area contributed by atoms with Crippen molar-refractivity contribution in [1.82, 2.24) is 9.97 Å². The minimum Gasteiger partial charge on any atom is -0.481 e. The zero-order valence-corrected chi connectivity index (χ0v) is 12.9. The second-order valence-corrected chi connectivity index (χ2v) is 6.50. The van der Waals surface area contributed by atoms with Crippen LogP contribution in [0.3, 0.4) is 0 Å². The lowest BCUT2D eigenvalue weighted by Crippen LogP contribution is -2.48. The van der Waals surface area contributed by atoms with Crippen molar-refractivity contribution >= 4 is 5.97 Å². The molecule has 3 fully saturated rings. The monoisotopic (exact) mass is 310 g/mol. The Morgan fingerprint density at radius 1 is 1.35 bits per heavy atom. The first kappa shape index (κ1) is 14.2. The third-order valence-electron chi connectivity index (χ3n) is 5.56. The average Bonchev–Trinajstić information content (AvgIpc) is 3.15. The Bertz CT molecular complexity index is 755. The van der Waals surface area contributed by atoms with Crippen molar-refractivity contribution in [3.63, 3.8) is 0 Å². The Labute approximate surface area is 134 Å². The summed E-state index contributed by atoms with van der Waals surface area (Å²) in [5.74, 6) is 0.0256. The molecule has 5 rings (SSSR count). The number of carboxylic acids is 1. The first-order valence-corrected chi connectivity index (χ1v) is 7.83. The predicted octanol–water partition coefficient (Wildman–Crippen LogP) is 2.90. The number of ether oxygens (including phenoxy) is 1. The van der Waals surface area contributed by atoms with E-state index in [9.17, 15) is 9.90 Å². The Morgan fingerprint density at radius 3 is 2.78 bits per heavy atom. The number of carbonyl (C=O) groups is 1. The van der Waals surface area contributed by atoms with Gasteiger partial charge in [0.25, 0.3) is 0 Å². The smallest absolute Gasteiger partial charge is 0.307 e. The summed E-state index contributed by atoms with van der Waals surface area (Å²) in [7, 11) is 1.59. The molecule has 3 aliphatic rings. The molecule has 0 saturated heterocycles. The largest absolute Gasteiger partial charge is 0.481 e. The number of benzene rings is 1. The summed E-state index contributed by atoms with van der Waals surface area (Å²) in [4.78, 5) is 19.7. The number of nitrogens with zero attached hydrogens (tertiary/aromatic N) is 2. The van der Waals surface area contributed by atoms with E-state index in [1.54, 1.807) is 13.3 Å². The van der Waals surface area contributed by atoms with Crippen LogP contribution in [0.5, 0.6) is 5.88 Å². The molecule has 1 aromatic carbocycles. The summed E-state index contributed by atoms with van der Waals surface area (Å²) in [5.41, 5.74) is 2.79. The Balaban J connectivity index is 1.68. The molecule has 0 radical (unpaired) electrons. The Kier molecular flexibility index (Phi) is 3.11. The highest BCUT2D eigenvalue weighted by molar-refractivity contribution is 5.76. The van der Waals surface area contributed by atoms with Crippen molar-refractivity contribution in [3.05, 3.63) is 42.4 Å². The molecule has 0 spiro atoms. The van der Waals surface area contributed by atoms with Gasteiger partial charge in [0.05, 0.1) is 18.6 Å². The van der Waals surface area contributed by atoms with E-state index in [1.807, 2.05) is 12.1 Å². The maximum Gasteiger partial charge on any atom is 0.307 e. The number of fused-ring (bicyclic) bond motifs is 1. The number of aliphatic carboxylic acids is 1. The Hall–Kier alpha value is -2.43. The molecule has 0 aliphatic heterocycles. The second-order valence-electron chi connectivity index (χ2n) is 6.50. The minimum absolute atomic E-state index is 0.160. The van der Waals surface area contributed by atoms with Crippen molar-refractivity contribution in [2.24, 2.45) is 11.8 Å². The fraction of sp³-hybridized carbons (Fsp3) is 0.389. The maximum atomic E-state index is 11.6. The van der Waals surface area contributed by atoms with E-state index in [-0.39, 0.29) is 11.3 Å². The molecular weight excluding hydrogens is 292 g/mol. The van der Waals surface area contributed by atoms with Gasteiger partial charge in [-0.15, -0.1) is 0 Å². The number of aromatic nitrogens is 2. The van der Waals surface area contributed by atoms with E-state index < -0.39 is 5.97 Å². The van der Waals surface area contributed by atoms with Gasteiger partial charge in [-0.05, 0) is 36.3 Å². The van der Waals surface area contributed by atoms with Crippen LogP contribution in [0.15, 0.2) is 36.8 Å². The van der Waals surface area contributed by atoms with E-state index in [1.165, 1.54) is 6.33 Å². The lowest BCUT2D eigenvalue weighted by molar-refractivity contribution is -0.150. The van der Waals surface area contributed by atoms with Gasteiger partial charge in [0.15, 0.2) is 0 Å². The van der Waals surface area contributed by atoms with E-state index in [0.717, 1.165) is 36.0 Å². The maximum absolute atomic E-state index is 11.6. The van der Waals surface area contributed by atoms with Gasteiger partial charge in [0.2, 0.25) is 5.88 Å². The van der Waals surface area contributed by atoms with Gasteiger partial charge in [-0.1, -0.05) is 24.3 Å². The van der Waals surface area contributed by atoms with Gasteiger partial charge in [-0.2, -0.15) is 0 Å². The number of hydrogen-bond donors (Lipinski definition) is 1. The lowest BCUT2D eigenvalue weighted by Gasteiger charge is -2.45. The van der Waals surface area contributed by atoms with Gasteiger partial charge < -0.3 is 9.84 Å². The van der Waals surface area contributed by atoms with Crippen LogP contribution < -0.4 is 4.74 Å². The summed E-state index contributed by atoms with van der Waals surface area (Å²) in [6, 6.07) is 8.13. The van der Waals surface area contributed by atoms with Crippen LogP contribution in [0.25, 0.3) is 11.1 Å². The van der Waals surface area contributed by atoms with E-state index >= 15 is 0 Å². The molecule has 0 amide bonds. The summed E-state index contributed by atoms with van der Waals surface area (Å²) < 4.78 is 5.28. The van der Waals surface area contributed by atoms with Gasteiger partial charge in [0, 0.05) is 11.6 Å². The van der Waals surface area contributed by atoms with Crippen molar-refractivity contribution in [2.75, 3.05) is 7.11 Å². The zero-order valence-electron chi connectivity index (χ0n) is 12.9. The average molecular weight is 310 g/mol. The molecule has 23 heavy (non-hydrogen) atoms. The molecule has 2 bridgehead atoms. The van der Waals surface area contributed by atoms with Gasteiger partial charge in [0.1, 0.15) is 6.33 Å². The van der Waals surface area contributed by atoms with Crippen LogP contribution in [-0.2, 0) is 10.2 Å². The van der Waals surface area contributed by atoms with Crippen molar-refractivity contribution in [1.29, 1.82) is 0 Å². The fourth-order valence-electron chi connectivity index (χ4n) is 4.51. The number of hydrogen-bond acceptors (Lipinski definition) is 4. The summed E-state index contributed by atoms with van der Waals surface area (Å²) in [5, 5.41) is 9.51. The van der Waals surface area contributed by atoms with Crippen LogP contribution in [0.1, 0.15) is 24.8 Å². The quantitative estimate of drug-likeness (QED) is 0.940. The topological polar surface area (TPSA) is 72.3 Å². The summed E-state index contributed by atoms with van der Waals surface area (Å²) >= 11 is 0. The third kappa shape index (κ3) is 1.96. The van der Waals surface area contributed by atoms with Gasteiger partial charge in [-0.25, -0.2) is 9.97 Å². The van der Waals surface area contributed by atoms with E-state index in [2.05, 4.69) is 22.1 Å².